The van der Waals surface area contributed by atoms with Gasteiger partial charge < -0.3 is 19.9 Å². The van der Waals surface area contributed by atoms with Crippen LogP contribution in [-0.2, 0) is 11.4 Å². The minimum atomic E-state index is 0.0360. The summed E-state index contributed by atoms with van der Waals surface area (Å²) in [5.41, 5.74) is 4.40. The molecule has 0 unspecified atom stereocenters. The summed E-state index contributed by atoms with van der Waals surface area (Å²) in [6.07, 6.45) is 6.96. The van der Waals surface area contributed by atoms with Gasteiger partial charge in [0.1, 0.15) is 30.3 Å². The molecule has 1 N–H and O–H groups in total. The van der Waals surface area contributed by atoms with Crippen LogP contribution in [0.5, 0.6) is 5.75 Å². The summed E-state index contributed by atoms with van der Waals surface area (Å²) >= 11 is 0. The van der Waals surface area contributed by atoms with Gasteiger partial charge in [-0.1, -0.05) is 12.6 Å². The van der Waals surface area contributed by atoms with Gasteiger partial charge in [-0.05, 0) is 74.9 Å². The second-order valence-corrected chi connectivity index (χ2v) is 11.0. The Morgan fingerprint density at radius 1 is 1.16 bits per heavy atom. The molecule has 0 atom stereocenters. The molecule has 198 valence electrons. The average molecular weight is 514 g/mol. The summed E-state index contributed by atoms with van der Waals surface area (Å²) in [7, 11) is 0. The summed E-state index contributed by atoms with van der Waals surface area (Å²) in [4.78, 5) is 27.7. The van der Waals surface area contributed by atoms with Gasteiger partial charge in [0, 0.05) is 38.1 Å². The van der Waals surface area contributed by atoms with Gasteiger partial charge in [-0.3, -0.25) is 9.69 Å². The number of piperidine rings is 2. The fourth-order valence-electron chi connectivity index (χ4n) is 6.32. The van der Waals surface area contributed by atoms with Gasteiger partial charge in [0.05, 0.1) is 17.3 Å². The number of nitrogens with one attached hydrogen (secondary N) is 1. The minimum absolute atomic E-state index is 0.0360. The SMILES string of the molecule is C=CC(=O)N1CC(N2CCC(c3cc(C)c4c(c3)Nc3ncnc(N5CCC(C#N)CC5)c3CO4)CC2)C1. The summed E-state index contributed by atoms with van der Waals surface area (Å²) in [5.74, 6) is 3.23. The van der Waals surface area contributed by atoms with Gasteiger partial charge in [-0.2, -0.15) is 5.26 Å². The molecule has 0 bridgehead atoms. The maximum absolute atomic E-state index is 11.8. The number of anilines is 3. The number of hydrogen-bond donors (Lipinski definition) is 1. The molecule has 9 nitrogen and oxygen atoms in total. The summed E-state index contributed by atoms with van der Waals surface area (Å²) < 4.78 is 6.36. The van der Waals surface area contributed by atoms with Crippen molar-refractivity contribution in [2.24, 2.45) is 5.92 Å². The number of benzene rings is 1. The highest BCUT2D eigenvalue weighted by molar-refractivity contribution is 5.87. The number of nitrogens with zero attached hydrogens (tertiary/aromatic N) is 6. The standard InChI is InChI=1S/C29H35N7O2/c1-3-26(37)36-15-23(16-36)34-10-6-21(7-11-34)22-12-19(2)27-25(13-22)33-28-24(17-38-27)29(32-18-31-28)35-8-4-20(14-30)5-9-35/h3,12-13,18,20-21,23H,1,4-11,15-17H2,2H3,(H,31,32,33). The van der Waals surface area contributed by atoms with Crippen LogP contribution in [0.25, 0.3) is 0 Å². The molecule has 9 heteroatoms. The van der Waals surface area contributed by atoms with Crippen LogP contribution in [0.4, 0.5) is 17.3 Å². The molecule has 3 saturated heterocycles. The van der Waals surface area contributed by atoms with Crippen LogP contribution in [0.1, 0.15) is 48.3 Å². The van der Waals surface area contributed by atoms with Crippen molar-refractivity contribution in [1.82, 2.24) is 19.8 Å². The van der Waals surface area contributed by atoms with Crippen molar-refractivity contribution in [3.8, 4) is 11.8 Å². The third-order valence-corrected chi connectivity index (χ3v) is 8.68. The Morgan fingerprint density at radius 2 is 1.92 bits per heavy atom. The number of nitriles is 1. The van der Waals surface area contributed by atoms with Crippen molar-refractivity contribution in [1.29, 1.82) is 5.26 Å². The maximum atomic E-state index is 11.8. The second-order valence-electron chi connectivity index (χ2n) is 11.0. The number of rotatable bonds is 4. The van der Waals surface area contributed by atoms with Crippen LogP contribution in [0.15, 0.2) is 31.1 Å². The number of carbonyl (C=O) groups excluding carboxylic acids is 1. The van der Waals surface area contributed by atoms with Crippen LogP contribution >= 0.6 is 0 Å². The molecule has 4 aliphatic rings. The van der Waals surface area contributed by atoms with Crippen molar-refractivity contribution >= 4 is 23.2 Å². The van der Waals surface area contributed by atoms with Crippen molar-refractivity contribution in [2.75, 3.05) is 49.5 Å². The number of ether oxygens (including phenoxy) is 1. The van der Waals surface area contributed by atoms with E-state index < -0.39 is 0 Å². The molecule has 2 aromatic rings. The van der Waals surface area contributed by atoms with E-state index >= 15 is 0 Å². The fourth-order valence-corrected chi connectivity index (χ4v) is 6.32. The van der Waals surface area contributed by atoms with Gasteiger partial charge in [0.15, 0.2) is 0 Å². The quantitative estimate of drug-likeness (QED) is 0.618. The Kier molecular flexibility index (Phi) is 6.66. The Hall–Kier alpha value is -3.64. The highest BCUT2D eigenvalue weighted by Crippen LogP contribution is 2.42. The lowest BCUT2D eigenvalue weighted by molar-refractivity contribution is -0.133. The number of amides is 1. The number of aryl methyl sites for hydroxylation is 1. The average Bonchev–Trinajstić information content (AvgIpc) is 3.12. The minimum Gasteiger partial charge on any atom is -0.486 e. The highest BCUT2D eigenvalue weighted by Gasteiger charge is 2.36. The third-order valence-electron chi connectivity index (χ3n) is 8.68. The van der Waals surface area contributed by atoms with Crippen LogP contribution in [-0.4, -0.2) is 71.0 Å². The number of likely N-dealkylation sites (tertiary alicyclic amines) is 2. The van der Waals surface area contributed by atoms with Gasteiger partial charge in [0.25, 0.3) is 0 Å². The van der Waals surface area contributed by atoms with E-state index in [0.717, 1.165) is 99.2 Å². The molecule has 0 aliphatic carbocycles. The Bertz CT molecular complexity index is 1270. The molecule has 0 radical (unpaired) electrons. The van der Waals surface area contributed by atoms with E-state index in [1.165, 1.54) is 11.6 Å². The van der Waals surface area contributed by atoms with E-state index in [9.17, 15) is 10.1 Å². The Labute approximate surface area is 224 Å². The zero-order valence-electron chi connectivity index (χ0n) is 22.0. The molecule has 1 amide bonds. The maximum Gasteiger partial charge on any atom is 0.246 e. The normalized spacial score (nSPS) is 20.7. The molecular weight excluding hydrogens is 478 g/mol. The zero-order chi connectivity index (χ0) is 26.2. The third kappa shape index (κ3) is 4.58. The predicted octanol–water partition coefficient (Wildman–Crippen LogP) is 3.74. The smallest absolute Gasteiger partial charge is 0.246 e. The number of aromatic nitrogens is 2. The van der Waals surface area contributed by atoms with E-state index in [1.54, 1.807) is 6.33 Å². The van der Waals surface area contributed by atoms with Crippen LogP contribution in [0.3, 0.4) is 0 Å². The van der Waals surface area contributed by atoms with Gasteiger partial charge >= 0.3 is 0 Å². The lowest BCUT2D eigenvalue weighted by Crippen LogP contribution is -2.61. The molecule has 38 heavy (non-hydrogen) atoms. The molecule has 0 saturated carbocycles. The van der Waals surface area contributed by atoms with Crippen molar-refractivity contribution in [3.05, 3.63) is 47.8 Å². The van der Waals surface area contributed by atoms with E-state index in [0.29, 0.717) is 18.6 Å². The predicted molar refractivity (Wildman–Crippen MR) is 145 cm³/mol. The fraction of sp³-hybridized carbons (Fsp3) is 0.517. The summed E-state index contributed by atoms with van der Waals surface area (Å²) in [6.45, 7) is 11.5. The van der Waals surface area contributed by atoms with Crippen molar-refractivity contribution in [3.63, 3.8) is 0 Å². The summed E-state index contributed by atoms with van der Waals surface area (Å²) in [5, 5.41) is 12.8. The van der Waals surface area contributed by atoms with E-state index in [4.69, 9.17) is 4.74 Å². The second kappa shape index (κ2) is 10.3. The highest BCUT2D eigenvalue weighted by atomic mass is 16.5. The summed E-state index contributed by atoms with van der Waals surface area (Å²) in [6, 6.07) is 7.40. The van der Waals surface area contributed by atoms with Crippen molar-refractivity contribution < 1.29 is 9.53 Å². The van der Waals surface area contributed by atoms with Crippen LogP contribution < -0.4 is 15.0 Å². The van der Waals surface area contributed by atoms with Crippen LogP contribution in [0, 0.1) is 24.2 Å². The van der Waals surface area contributed by atoms with E-state index in [-0.39, 0.29) is 11.8 Å². The first-order valence-corrected chi connectivity index (χ1v) is 13.7. The van der Waals surface area contributed by atoms with Crippen molar-refractivity contribution in [2.45, 2.75) is 51.2 Å². The van der Waals surface area contributed by atoms with Gasteiger partial charge in [0.2, 0.25) is 5.91 Å². The Balaban J connectivity index is 1.15. The topological polar surface area (TPSA) is 97.6 Å². The van der Waals surface area contributed by atoms with Gasteiger partial charge in [-0.25, -0.2) is 9.97 Å². The monoisotopic (exact) mass is 513 g/mol. The largest absolute Gasteiger partial charge is 0.486 e. The first-order chi connectivity index (χ1) is 18.5. The molecule has 1 aromatic heterocycles. The number of fused-ring (bicyclic) bond motifs is 2. The lowest BCUT2D eigenvalue weighted by Gasteiger charge is -2.47. The number of hydrogen-bond acceptors (Lipinski definition) is 8. The van der Waals surface area contributed by atoms with Crippen LogP contribution in [0.2, 0.25) is 0 Å². The molecule has 5 heterocycles. The molecule has 1 aromatic carbocycles. The zero-order valence-corrected chi connectivity index (χ0v) is 22.0. The first-order valence-electron chi connectivity index (χ1n) is 13.7. The molecular formula is C29H35N7O2. The van der Waals surface area contributed by atoms with Gasteiger partial charge in [-0.15, -0.1) is 0 Å². The lowest BCUT2D eigenvalue weighted by atomic mass is 9.87. The molecule has 6 rings (SSSR count). The van der Waals surface area contributed by atoms with E-state index in [1.807, 2.05) is 4.90 Å². The molecule has 3 fully saturated rings. The van der Waals surface area contributed by atoms with E-state index in [2.05, 4.69) is 56.8 Å². The first kappa shape index (κ1) is 24.7. The number of carbonyl (C=O) groups is 1. The molecule has 0 spiro atoms. The molecule has 4 aliphatic heterocycles. The Morgan fingerprint density at radius 3 is 2.63 bits per heavy atom.